The fraction of sp³-hybridized carbons (Fsp3) is 0.455. The van der Waals surface area contributed by atoms with Crippen LogP contribution in [0.4, 0.5) is 0 Å². The Labute approximate surface area is 79.5 Å². The standard InChI is InChI=1S/C11H16O2/c1-5-13-11-7-10(12-4)8(2)6-9(11)3/h6-7H,5H2,1-4H3. The molecule has 72 valence electrons. The van der Waals surface area contributed by atoms with E-state index in [-0.39, 0.29) is 0 Å². The van der Waals surface area contributed by atoms with Crippen molar-refractivity contribution in [1.29, 1.82) is 0 Å². The van der Waals surface area contributed by atoms with Crippen LogP contribution in [-0.4, -0.2) is 13.7 Å². The van der Waals surface area contributed by atoms with E-state index in [2.05, 4.69) is 6.07 Å². The maximum Gasteiger partial charge on any atom is 0.125 e. The van der Waals surface area contributed by atoms with Gasteiger partial charge in [0.2, 0.25) is 0 Å². The molecule has 0 amide bonds. The van der Waals surface area contributed by atoms with Gasteiger partial charge in [-0.25, -0.2) is 0 Å². The maximum absolute atomic E-state index is 5.45. The van der Waals surface area contributed by atoms with Crippen molar-refractivity contribution in [2.45, 2.75) is 20.8 Å². The second kappa shape index (κ2) is 4.17. The molecule has 0 atom stereocenters. The van der Waals surface area contributed by atoms with Crippen LogP contribution in [0.1, 0.15) is 18.1 Å². The minimum atomic E-state index is 0.688. The fourth-order valence-electron chi connectivity index (χ4n) is 1.34. The number of methoxy groups -OCH3 is 1. The summed E-state index contributed by atoms with van der Waals surface area (Å²) in [6.45, 7) is 6.73. The SMILES string of the molecule is CCOc1cc(OC)c(C)cc1C. The van der Waals surface area contributed by atoms with Crippen molar-refractivity contribution in [2.24, 2.45) is 0 Å². The largest absolute Gasteiger partial charge is 0.496 e. The van der Waals surface area contributed by atoms with E-state index >= 15 is 0 Å². The maximum atomic E-state index is 5.45. The normalized spacial score (nSPS) is 9.85. The summed E-state index contributed by atoms with van der Waals surface area (Å²) in [5.41, 5.74) is 2.30. The van der Waals surface area contributed by atoms with Gasteiger partial charge in [0.1, 0.15) is 11.5 Å². The molecule has 0 aliphatic heterocycles. The van der Waals surface area contributed by atoms with Crippen molar-refractivity contribution in [2.75, 3.05) is 13.7 Å². The molecule has 13 heavy (non-hydrogen) atoms. The summed E-state index contributed by atoms with van der Waals surface area (Å²) in [6.07, 6.45) is 0. The monoisotopic (exact) mass is 180 g/mol. The quantitative estimate of drug-likeness (QED) is 0.712. The smallest absolute Gasteiger partial charge is 0.125 e. The van der Waals surface area contributed by atoms with E-state index < -0.39 is 0 Å². The summed E-state index contributed by atoms with van der Waals surface area (Å²) in [5.74, 6) is 1.79. The van der Waals surface area contributed by atoms with Crippen LogP contribution in [0, 0.1) is 13.8 Å². The zero-order chi connectivity index (χ0) is 9.84. The molecule has 0 aromatic heterocycles. The van der Waals surface area contributed by atoms with Crippen molar-refractivity contribution in [3.63, 3.8) is 0 Å². The summed E-state index contributed by atoms with van der Waals surface area (Å²) < 4.78 is 10.7. The molecule has 0 unspecified atom stereocenters. The predicted octanol–water partition coefficient (Wildman–Crippen LogP) is 2.71. The van der Waals surface area contributed by atoms with Crippen LogP contribution in [0.5, 0.6) is 11.5 Å². The molecule has 0 aliphatic carbocycles. The van der Waals surface area contributed by atoms with Crippen molar-refractivity contribution in [3.8, 4) is 11.5 Å². The zero-order valence-corrected chi connectivity index (χ0v) is 8.68. The zero-order valence-electron chi connectivity index (χ0n) is 8.68. The van der Waals surface area contributed by atoms with E-state index in [1.165, 1.54) is 0 Å². The average Bonchev–Trinajstić information content (AvgIpc) is 2.10. The number of hydrogen-bond acceptors (Lipinski definition) is 2. The Morgan fingerprint density at radius 2 is 1.69 bits per heavy atom. The molecule has 1 rings (SSSR count). The molecule has 0 radical (unpaired) electrons. The van der Waals surface area contributed by atoms with E-state index in [1.807, 2.05) is 26.8 Å². The second-order valence-electron chi connectivity index (χ2n) is 3.02. The summed E-state index contributed by atoms with van der Waals surface area (Å²) in [4.78, 5) is 0. The van der Waals surface area contributed by atoms with Gasteiger partial charge in [-0.1, -0.05) is 0 Å². The third kappa shape index (κ3) is 2.14. The van der Waals surface area contributed by atoms with Crippen LogP contribution in [0.3, 0.4) is 0 Å². The van der Waals surface area contributed by atoms with E-state index in [0.717, 1.165) is 22.6 Å². The Balaban J connectivity index is 3.06. The molecule has 0 fully saturated rings. The molecule has 1 aromatic rings. The van der Waals surface area contributed by atoms with Crippen LogP contribution in [0.25, 0.3) is 0 Å². The third-order valence-electron chi connectivity index (χ3n) is 1.99. The van der Waals surface area contributed by atoms with E-state index in [9.17, 15) is 0 Å². The first-order valence-corrected chi connectivity index (χ1v) is 4.47. The Morgan fingerprint density at radius 3 is 2.23 bits per heavy atom. The third-order valence-corrected chi connectivity index (χ3v) is 1.99. The van der Waals surface area contributed by atoms with Gasteiger partial charge in [0.15, 0.2) is 0 Å². The van der Waals surface area contributed by atoms with Gasteiger partial charge in [0, 0.05) is 6.07 Å². The number of benzene rings is 1. The van der Waals surface area contributed by atoms with Gasteiger partial charge in [0.05, 0.1) is 13.7 Å². The lowest BCUT2D eigenvalue weighted by atomic mass is 10.1. The highest BCUT2D eigenvalue weighted by Gasteiger charge is 2.04. The van der Waals surface area contributed by atoms with Crippen LogP contribution in [0.15, 0.2) is 12.1 Å². The van der Waals surface area contributed by atoms with Crippen molar-refractivity contribution >= 4 is 0 Å². The highest BCUT2D eigenvalue weighted by Crippen LogP contribution is 2.27. The Kier molecular flexibility index (Phi) is 3.18. The van der Waals surface area contributed by atoms with Gasteiger partial charge in [0.25, 0.3) is 0 Å². The predicted molar refractivity (Wildman–Crippen MR) is 53.6 cm³/mol. The van der Waals surface area contributed by atoms with Crippen LogP contribution < -0.4 is 9.47 Å². The lowest BCUT2D eigenvalue weighted by Crippen LogP contribution is -1.96. The average molecular weight is 180 g/mol. The van der Waals surface area contributed by atoms with E-state index in [0.29, 0.717) is 6.61 Å². The summed E-state index contributed by atoms with van der Waals surface area (Å²) in [6, 6.07) is 4.01. The van der Waals surface area contributed by atoms with Crippen LogP contribution in [-0.2, 0) is 0 Å². The molecule has 0 aliphatic rings. The van der Waals surface area contributed by atoms with Gasteiger partial charge in [-0.15, -0.1) is 0 Å². The van der Waals surface area contributed by atoms with Gasteiger partial charge in [-0.2, -0.15) is 0 Å². The lowest BCUT2D eigenvalue weighted by molar-refractivity contribution is 0.333. The first-order valence-electron chi connectivity index (χ1n) is 4.47. The topological polar surface area (TPSA) is 18.5 Å². The fourth-order valence-corrected chi connectivity index (χ4v) is 1.34. The molecule has 0 N–H and O–H groups in total. The molecule has 0 bridgehead atoms. The molecule has 0 heterocycles. The molecule has 2 heteroatoms. The van der Waals surface area contributed by atoms with Gasteiger partial charge in [-0.3, -0.25) is 0 Å². The molecular formula is C11H16O2. The van der Waals surface area contributed by atoms with Gasteiger partial charge in [-0.05, 0) is 38.0 Å². The molecule has 0 saturated carbocycles. The van der Waals surface area contributed by atoms with Crippen LogP contribution >= 0.6 is 0 Å². The van der Waals surface area contributed by atoms with Gasteiger partial charge >= 0.3 is 0 Å². The van der Waals surface area contributed by atoms with Crippen molar-refractivity contribution in [1.82, 2.24) is 0 Å². The van der Waals surface area contributed by atoms with Crippen LogP contribution in [0.2, 0.25) is 0 Å². The van der Waals surface area contributed by atoms with Gasteiger partial charge < -0.3 is 9.47 Å². The van der Waals surface area contributed by atoms with E-state index in [4.69, 9.17) is 9.47 Å². The minimum absolute atomic E-state index is 0.688. The first-order chi connectivity index (χ1) is 6.19. The Bertz CT molecular complexity index is 292. The minimum Gasteiger partial charge on any atom is -0.496 e. The number of rotatable bonds is 3. The molecule has 0 spiro atoms. The number of hydrogen-bond donors (Lipinski definition) is 0. The number of ether oxygens (including phenoxy) is 2. The Hall–Kier alpha value is -1.18. The Morgan fingerprint density at radius 1 is 1.08 bits per heavy atom. The second-order valence-corrected chi connectivity index (χ2v) is 3.02. The lowest BCUT2D eigenvalue weighted by Gasteiger charge is -2.11. The molecule has 1 aromatic carbocycles. The highest BCUT2D eigenvalue weighted by atomic mass is 16.5. The summed E-state index contributed by atoms with van der Waals surface area (Å²) in [7, 11) is 1.67. The van der Waals surface area contributed by atoms with Crippen molar-refractivity contribution < 1.29 is 9.47 Å². The highest BCUT2D eigenvalue weighted by molar-refractivity contribution is 5.45. The summed E-state index contributed by atoms with van der Waals surface area (Å²) >= 11 is 0. The van der Waals surface area contributed by atoms with Crippen molar-refractivity contribution in [3.05, 3.63) is 23.3 Å². The number of aryl methyl sites for hydroxylation is 2. The molecular weight excluding hydrogens is 164 g/mol. The molecule has 0 saturated heterocycles. The summed E-state index contributed by atoms with van der Waals surface area (Å²) in [5, 5.41) is 0. The first kappa shape index (κ1) is 9.90. The van der Waals surface area contributed by atoms with E-state index in [1.54, 1.807) is 7.11 Å². The molecule has 2 nitrogen and oxygen atoms in total.